The Morgan fingerprint density at radius 3 is 2.57 bits per heavy atom. The minimum atomic E-state index is -1.01. The Bertz CT molecular complexity index is 1040. The molecule has 0 saturated heterocycles. The second kappa shape index (κ2) is 9.62. The normalized spacial score (nSPS) is 10.8. The van der Waals surface area contributed by atoms with Crippen LogP contribution in [0.25, 0.3) is 11.3 Å². The SMILES string of the molecule is CCCCCOc1ccc(N(C(N)=O)c2nc(-c3ccc(F)c(F)c3)cs2)cc1F. The fourth-order valence-electron chi connectivity index (χ4n) is 2.77. The van der Waals surface area contributed by atoms with E-state index in [-0.39, 0.29) is 16.6 Å². The number of thiazole rings is 1. The highest BCUT2D eigenvalue weighted by atomic mass is 32.1. The molecule has 0 bridgehead atoms. The predicted molar refractivity (Wildman–Crippen MR) is 111 cm³/mol. The van der Waals surface area contributed by atoms with Gasteiger partial charge in [0.2, 0.25) is 0 Å². The molecule has 2 amide bonds. The van der Waals surface area contributed by atoms with Crippen LogP contribution >= 0.6 is 11.3 Å². The molecule has 3 rings (SSSR count). The Kier molecular flexibility index (Phi) is 6.94. The molecule has 1 aromatic heterocycles. The van der Waals surface area contributed by atoms with E-state index >= 15 is 0 Å². The van der Waals surface area contributed by atoms with Crippen molar-refractivity contribution in [2.45, 2.75) is 26.2 Å². The minimum absolute atomic E-state index is 0.0842. The number of amides is 2. The summed E-state index contributed by atoms with van der Waals surface area (Å²) in [7, 11) is 0. The highest BCUT2D eigenvalue weighted by Gasteiger charge is 2.21. The van der Waals surface area contributed by atoms with Crippen LogP contribution in [0, 0.1) is 17.5 Å². The van der Waals surface area contributed by atoms with E-state index in [9.17, 15) is 18.0 Å². The van der Waals surface area contributed by atoms with E-state index in [1.54, 1.807) is 5.38 Å². The van der Waals surface area contributed by atoms with Crippen molar-refractivity contribution in [1.29, 1.82) is 0 Å². The number of ether oxygens (including phenoxy) is 1. The van der Waals surface area contributed by atoms with Crippen LogP contribution in [0.1, 0.15) is 26.2 Å². The third-order valence-corrected chi connectivity index (χ3v) is 5.12. The summed E-state index contributed by atoms with van der Waals surface area (Å²) in [6.07, 6.45) is 2.83. The Labute approximate surface area is 175 Å². The summed E-state index contributed by atoms with van der Waals surface area (Å²) in [5, 5.41) is 1.73. The fourth-order valence-corrected chi connectivity index (χ4v) is 3.62. The first-order valence-corrected chi connectivity index (χ1v) is 10.2. The number of anilines is 2. The number of rotatable bonds is 8. The molecular formula is C21H20F3N3O2S. The van der Waals surface area contributed by atoms with Gasteiger partial charge in [0.1, 0.15) is 0 Å². The highest BCUT2D eigenvalue weighted by molar-refractivity contribution is 7.14. The van der Waals surface area contributed by atoms with E-state index in [0.29, 0.717) is 17.9 Å². The van der Waals surface area contributed by atoms with Gasteiger partial charge in [0.05, 0.1) is 18.0 Å². The van der Waals surface area contributed by atoms with Gasteiger partial charge in [-0.05, 0) is 36.8 Å². The zero-order valence-electron chi connectivity index (χ0n) is 16.2. The number of carbonyl (C=O) groups excluding carboxylic acids is 1. The summed E-state index contributed by atoms with van der Waals surface area (Å²) in [4.78, 5) is 17.3. The maximum Gasteiger partial charge on any atom is 0.325 e. The van der Waals surface area contributed by atoms with Crippen LogP contribution in [0.4, 0.5) is 28.8 Å². The molecule has 2 N–H and O–H groups in total. The number of carbonyl (C=O) groups is 1. The van der Waals surface area contributed by atoms with Gasteiger partial charge in [0.25, 0.3) is 0 Å². The molecule has 9 heteroatoms. The Morgan fingerprint density at radius 1 is 1.10 bits per heavy atom. The van der Waals surface area contributed by atoms with Gasteiger partial charge in [0, 0.05) is 17.0 Å². The third kappa shape index (κ3) is 4.91. The Morgan fingerprint density at radius 2 is 1.90 bits per heavy atom. The Balaban J connectivity index is 1.84. The number of halogens is 3. The van der Waals surface area contributed by atoms with Crippen molar-refractivity contribution >= 4 is 28.2 Å². The summed E-state index contributed by atoms with van der Waals surface area (Å²) in [5.74, 6) is -2.53. The van der Waals surface area contributed by atoms with Crippen molar-refractivity contribution in [3.63, 3.8) is 0 Å². The van der Waals surface area contributed by atoms with Crippen molar-refractivity contribution in [1.82, 2.24) is 4.98 Å². The van der Waals surface area contributed by atoms with Crippen molar-refractivity contribution in [3.8, 4) is 17.0 Å². The van der Waals surface area contributed by atoms with Gasteiger partial charge >= 0.3 is 6.03 Å². The van der Waals surface area contributed by atoms with Gasteiger partial charge in [-0.3, -0.25) is 0 Å². The van der Waals surface area contributed by atoms with E-state index in [1.165, 1.54) is 18.2 Å². The van der Waals surface area contributed by atoms with Crippen LogP contribution in [0.5, 0.6) is 5.75 Å². The standard InChI is InChI=1S/C21H20F3N3O2S/c1-2-3-4-9-29-19-8-6-14(11-17(19)24)27(20(25)28)21-26-18(12-30-21)13-5-7-15(22)16(23)10-13/h5-8,10-12H,2-4,9H2,1H3,(H2,25,28). The molecule has 0 radical (unpaired) electrons. The number of benzene rings is 2. The lowest BCUT2D eigenvalue weighted by Gasteiger charge is -2.18. The topological polar surface area (TPSA) is 68.5 Å². The zero-order chi connectivity index (χ0) is 21.7. The average Bonchev–Trinajstić information content (AvgIpc) is 3.18. The number of nitrogens with zero attached hydrogens (tertiary/aromatic N) is 2. The molecule has 0 spiro atoms. The van der Waals surface area contributed by atoms with Crippen molar-refractivity contribution in [2.24, 2.45) is 5.73 Å². The molecule has 2 aromatic carbocycles. The number of aromatic nitrogens is 1. The molecule has 1 heterocycles. The lowest BCUT2D eigenvalue weighted by Crippen LogP contribution is -2.31. The second-order valence-electron chi connectivity index (χ2n) is 6.49. The van der Waals surface area contributed by atoms with Gasteiger partial charge in [-0.25, -0.2) is 27.8 Å². The molecule has 30 heavy (non-hydrogen) atoms. The predicted octanol–water partition coefficient (Wildman–Crippen LogP) is 6.01. The Hall–Kier alpha value is -3.07. The maximum absolute atomic E-state index is 14.5. The molecule has 0 aliphatic heterocycles. The summed E-state index contributed by atoms with van der Waals surface area (Å²) < 4.78 is 46.5. The molecule has 0 saturated carbocycles. The van der Waals surface area contributed by atoms with Crippen LogP contribution < -0.4 is 15.4 Å². The third-order valence-electron chi connectivity index (χ3n) is 4.30. The number of hydrogen-bond acceptors (Lipinski definition) is 4. The summed E-state index contributed by atoms with van der Waals surface area (Å²) in [5.41, 5.74) is 6.32. The van der Waals surface area contributed by atoms with Gasteiger partial charge in [-0.1, -0.05) is 19.8 Å². The van der Waals surface area contributed by atoms with Crippen LogP contribution in [0.2, 0.25) is 0 Å². The number of unbranched alkanes of at least 4 members (excludes halogenated alkanes) is 2. The van der Waals surface area contributed by atoms with Gasteiger partial charge in [-0.15, -0.1) is 11.3 Å². The van der Waals surface area contributed by atoms with E-state index in [0.717, 1.165) is 53.7 Å². The lowest BCUT2D eigenvalue weighted by atomic mass is 10.2. The molecular weight excluding hydrogens is 415 g/mol. The average molecular weight is 435 g/mol. The number of primary amides is 1. The largest absolute Gasteiger partial charge is 0.491 e. The molecule has 0 fully saturated rings. The van der Waals surface area contributed by atoms with E-state index in [2.05, 4.69) is 11.9 Å². The summed E-state index contributed by atoms with van der Waals surface area (Å²) in [6, 6.07) is 6.57. The molecule has 0 aliphatic carbocycles. The molecule has 0 aliphatic rings. The lowest BCUT2D eigenvalue weighted by molar-refractivity contribution is 0.256. The molecule has 0 unspecified atom stereocenters. The maximum atomic E-state index is 14.5. The van der Waals surface area contributed by atoms with E-state index in [4.69, 9.17) is 10.5 Å². The quantitative estimate of drug-likeness (QED) is 0.440. The van der Waals surface area contributed by atoms with Gasteiger partial charge in [-0.2, -0.15) is 0 Å². The highest BCUT2D eigenvalue weighted by Crippen LogP contribution is 2.34. The van der Waals surface area contributed by atoms with Crippen molar-refractivity contribution in [3.05, 3.63) is 59.2 Å². The van der Waals surface area contributed by atoms with Crippen molar-refractivity contribution < 1.29 is 22.7 Å². The van der Waals surface area contributed by atoms with E-state index in [1.807, 2.05) is 0 Å². The minimum Gasteiger partial charge on any atom is -0.491 e. The number of nitrogens with two attached hydrogens (primary N) is 1. The molecule has 5 nitrogen and oxygen atoms in total. The van der Waals surface area contributed by atoms with Crippen LogP contribution in [0.15, 0.2) is 41.8 Å². The van der Waals surface area contributed by atoms with Gasteiger partial charge in [0.15, 0.2) is 28.3 Å². The first-order valence-electron chi connectivity index (χ1n) is 9.33. The molecule has 3 aromatic rings. The first-order chi connectivity index (χ1) is 14.4. The second-order valence-corrected chi connectivity index (χ2v) is 7.32. The smallest absolute Gasteiger partial charge is 0.325 e. The van der Waals surface area contributed by atoms with Gasteiger partial charge < -0.3 is 10.5 Å². The fraction of sp³-hybridized carbons (Fsp3) is 0.238. The number of urea groups is 1. The summed E-state index contributed by atoms with van der Waals surface area (Å²) >= 11 is 1.06. The van der Waals surface area contributed by atoms with Crippen LogP contribution in [0.3, 0.4) is 0 Å². The van der Waals surface area contributed by atoms with E-state index < -0.39 is 23.5 Å². The van der Waals surface area contributed by atoms with Crippen molar-refractivity contribution in [2.75, 3.05) is 11.5 Å². The first kappa shape index (κ1) is 21.6. The monoisotopic (exact) mass is 435 g/mol. The zero-order valence-corrected chi connectivity index (χ0v) is 17.0. The summed E-state index contributed by atoms with van der Waals surface area (Å²) in [6.45, 7) is 2.46. The molecule has 158 valence electrons. The van der Waals surface area contributed by atoms with Crippen LogP contribution in [-0.4, -0.2) is 17.6 Å². The molecule has 0 atom stereocenters. The van der Waals surface area contributed by atoms with Crippen LogP contribution in [-0.2, 0) is 0 Å². The number of hydrogen-bond donors (Lipinski definition) is 1.